The number of hydrogen-bond donors (Lipinski definition) is 0. The average Bonchev–Trinajstić information content (AvgIpc) is 2.48. The van der Waals surface area contributed by atoms with Crippen molar-refractivity contribution in [1.82, 2.24) is 0 Å². The summed E-state index contributed by atoms with van der Waals surface area (Å²) in [6.07, 6.45) is 2.45. The first-order valence-electron chi connectivity index (χ1n) is 7.54. The zero-order valence-electron chi connectivity index (χ0n) is 12.7. The van der Waals surface area contributed by atoms with E-state index in [1.165, 1.54) is 0 Å². The summed E-state index contributed by atoms with van der Waals surface area (Å²) in [6, 6.07) is 12.0. The van der Waals surface area contributed by atoms with Gasteiger partial charge >= 0.3 is 5.97 Å². The van der Waals surface area contributed by atoms with E-state index >= 15 is 0 Å². The second-order valence-corrected chi connectivity index (χ2v) is 4.98. The number of hydrogen-bond acceptors (Lipinski definition) is 3. The molecule has 0 atom stereocenters. The van der Waals surface area contributed by atoms with Gasteiger partial charge in [-0.25, -0.2) is 0 Å². The van der Waals surface area contributed by atoms with E-state index in [4.69, 9.17) is 9.47 Å². The number of unbranched alkanes of at least 4 members (excludes halogenated alkanes) is 1. The molecular formula is C18H22O3. The summed E-state index contributed by atoms with van der Waals surface area (Å²) in [4.78, 5) is 11.7. The lowest BCUT2D eigenvalue weighted by Gasteiger charge is -2.10. The van der Waals surface area contributed by atoms with E-state index in [2.05, 4.69) is 6.92 Å². The number of carbonyl (C=O) groups is 1. The van der Waals surface area contributed by atoms with E-state index in [-0.39, 0.29) is 5.97 Å². The molecule has 0 N–H and O–H groups in total. The van der Waals surface area contributed by atoms with Crippen LogP contribution in [0.1, 0.15) is 32.3 Å². The van der Waals surface area contributed by atoms with Crippen molar-refractivity contribution in [3.8, 4) is 5.75 Å². The zero-order chi connectivity index (χ0) is 15.1. The molecule has 0 radical (unpaired) electrons. The van der Waals surface area contributed by atoms with Crippen LogP contribution in [0.3, 0.4) is 0 Å². The van der Waals surface area contributed by atoms with Gasteiger partial charge in [-0.3, -0.25) is 4.79 Å². The number of carbonyl (C=O) groups excluding carboxylic acids is 1. The van der Waals surface area contributed by atoms with Crippen LogP contribution in [-0.2, 0) is 16.0 Å². The minimum absolute atomic E-state index is 0.192. The van der Waals surface area contributed by atoms with Crippen molar-refractivity contribution in [2.75, 3.05) is 13.2 Å². The van der Waals surface area contributed by atoms with Gasteiger partial charge in [0.1, 0.15) is 5.75 Å². The van der Waals surface area contributed by atoms with Crippen LogP contribution in [0.15, 0.2) is 36.4 Å². The summed E-state index contributed by atoms with van der Waals surface area (Å²) in [6.45, 7) is 5.10. The number of ether oxygens (including phenoxy) is 2. The first kappa shape index (κ1) is 15.4. The molecule has 2 aromatic rings. The van der Waals surface area contributed by atoms with E-state index in [9.17, 15) is 4.79 Å². The summed E-state index contributed by atoms with van der Waals surface area (Å²) in [5.41, 5.74) is 0.979. The largest absolute Gasteiger partial charge is 0.494 e. The molecule has 21 heavy (non-hydrogen) atoms. The minimum atomic E-state index is -0.192. The second kappa shape index (κ2) is 7.67. The molecule has 0 amide bonds. The molecule has 2 rings (SSSR count). The molecule has 112 valence electrons. The molecule has 3 nitrogen and oxygen atoms in total. The fraction of sp³-hybridized carbons (Fsp3) is 0.389. The van der Waals surface area contributed by atoms with Crippen molar-refractivity contribution in [2.24, 2.45) is 0 Å². The maximum atomic E-state index is 11.7. The summed E-state index contributed by atoms with van der Waals surface area (Å²) >= 11 is 0. The summed E-state index contributed by atoms with van der Waals surface area (Å²) < 4.78 is 10.8. The third-order valence-electron chi connectivity index (χ3n) is 3.35. The van der Waals surface area contributed by atoms with Gasteiger partial charge in [0.05, 0.1) is 19.6 Å². The molecule has 0 saturated carbocycles. The van der Waals surface area contributed by atoms with Crippen LogP contribution in [-0.4, -0.2) is 19.2 Å². The van der Waals surface area contributed by atoms with Crippen molar-refractivity contribution in [1.29, 1.82) is 0 Å². The lowest BCUT2D eigenvalue weighted by atomic mass is 10.0. The molecule has 0 aliphatic rings. The van der Waals surface area contributed by atoms with Crippen LogP contribution in [0, 0.1) is 0 Å². The van der Waals surface area contributed by atoms with Gasteiger partial charge in [-0.15, -0.1) is 0 Å². The maximum Gasteiger partial charge on any atom is 0.310 e. The second-order valence-electron chi connectivity index (χ2n) is 4.98. The molecule has 2 aromatic carbocycles. The Morgan fingerprint density at radius 2 is 2.00 bits per heavy atom. The summed E-state index contributed by atoms with van der Waals surface area (Å²) in [5, 5.41) is 2.17. The smallest absolute Gasteiger partial charge is 0.310 e. The molecule has 0 heterocycles. The van der Waals surface area contributed by atoms with E-state index < -0.39 is 0 Å². The highest BCUT2D eigenvalue weighted by Gasteiger charge is 2.08. The molecule has 0 bridgehead atoms. The van der Waals surface area contributed by atoms with E-state index in [0.29, 0.717) is 13.0 Å². The lowest BCUT2D eigenvalue weighted by molar-refractivity contribution is -0.142. The molecule has 0 aliphatic carbocycles. The molecule has 0 aliphatic heterocycles. The zero-order valence-corrected chi connectivity index (χ0v) is 12.7. The van der Waals surface area contributed by atoms with Crippen LogP contribution in [0.2, 0.25) is 0 Å². The van der Waals surface area contributed by atoms with E-state index in [1.54, 1.807) is 0 Å². The Hall–Kier alpha value is -2.03. The maximum absolute atomic E-state index is 11.7. The van der Waals surface area contributed by atoms with Gasteiger partial charge in [-0.05, 0) is 41.8 Å². The van der Waals surface area contributed by atoms with Crippen molar-refractivity contribution >= 4 is 16.7 Å². The molecule has 0 spiro atoms. The van der Waals surface area contributed by atoms with Crippen molar-refractivity contribution in [3.63, 3.8) is 0 Å². The predicted octanol–water partition coefficient (Wildman–Crippen LogP) is 4.12. The fourth-order valence-corrected chi connectivity index (χ4v) is 2.26. The third-order valence-corrected chi connectivity index (χ3v) is 3.35. The topological polar surface area (TPSA) is 35.5 Å². The SMILES string of the molecule is CCCCOc1ccc2cccc(CC(=O)OCC)c2c1. The van der Waals surface area contributed by atoms with Crippen LogP contribution in [0.4, 0.5) is 0 Å². The van der Waals surface area contributed by atoms with Gasteiger partial charge < -0.3 is 9.47 Å². The minimum Gasteiger partial charge on any atom is -0.494 e. The Kier molecular flexibility index (Phi) is 5.61. The van der Waals surface area contributed by atoms with Gasteiger partial charge in [-0.2, -0.15) is 0 Å². The molecule has 0 saturated heterocycles. The number of benzene rings is 2. The molecule has 0 unspecified atom stereocenters. The molecule has 0 fully saturated rings. The van der Waals surface area contributed by atoms with Crippen LogP contribution in [0.25, 0.3) is 10.8 Å². The third kappa shape index (κ3) is 4.22. The first-order chi connectivity index (χ1) is 10.2. The van der Waals surface area contributed by atoms with Crippen LogP contribution < -0.4 is 4.74 Å². The van der Waals surface area contributed by atoms with Gasteiger partial charge in [-0.1, -0.05) is 37.6 Å². The molecular weight excluding hydrogens is 264 g/mol. The standard InChI is InChI=1S/C18H22O3/c1-3-5-11-21-16-10-9-14-7-6-8-15(17(14)13-16)12-18(19)20-4-2/h6-10,13H,3-5,11-12H2,1-2H3. The van der Waals surface area contributed by atoms with Crippen LogP contribution >= 0.6 is 0 Å². The number of rotatable bonds is 7. The number of esters is 1. The van der Waals surface area contributed by atoms with Crippen molar-refractivity contribution in [3.05, 3.63) is 42.0 Å². The summed E-state index contributed by atoms with van der Waals surface area (Å²) in [5.74, 6) is 0.662. The Labute approximate surface area is 125 Å². The quantitative estimate of drug-likeness (QED) is 0.567. The highest BCUT2D eigenvalue weighted by molar-refractivity contribution is 5.90. The predicted molar refractivity (Wildman–Crippen MR) is 84.7 cm³/mol. The Morgan fingerprint density at radius 1 is 1.14 bits per heavy atom. The summed E-state index contributed by atoms with van der Waals surface area (Å²) in [7, 11) is 0. The molecule has 3 heteroatoms. The van der Waals surface area contributed by atoms with Gasteiger partial charge in [0, 0.05) is 0 Å². The Morgan fingerprint density at radius 3 is 2.76 bits per heavy atom. The van der Waals surface area contributed by atoms with Gasteiger partial charge in [0.2, 0.25) is 0 Å². The average molecular weight is 286 g/mol. The lowest BCUT2D eigenvalue weighted by Crippen LogP contribution is -2.07. The number of fused-ring (bicyclic) bond motifs is 1. The van der Waals surface area contributed by atoms with Gasteiger partial charge in [0.15, 0.2) is 0 Å². The van der Waals surface area contributed by atoms with E-state index in [1.807, 2.05) is 43.3 Å². The molecule has 0 aromatic heterocycles. The Bertz CT molecular complexity index is 604. The highest BCUT2D eigenvalue weighted by atomic mass is 16.5. The first-order valence-corrected chi connectivity index (χ1v) is 7.54. The fourth-order valence-electron chi connectivity index (χ4n) is 2.26. The van der Waals surface area contributed by atoms with E-state index in [0.717, 1.165) is 41.5 Å². The van der Waals surface area contributed by atoms with Crippen molar-refractivity contribution in [2.45, 2.75) is 33.1 Å². The normalized spacial score (nSPS) is 10.6. The Balaban J connectivity index is 2.23. The van der Waals surface area contributed by atoms with Crippen molar-refractivity contribution < 1.29 is 14.3 Å². The van der Waals surface area contributed by atoms with Crippen LogP contribution in [0.5, 0.6) is 5.75 Å². The van der Waals surface area contributed by atoms with Gasteiger partial charge in [0.25, 0.3) is 0 Å². The highest BCUT2D eigenvalue weighted by Crippen LogP contribution is 2.25. The monoisotopic (exact) mass is 286 g/mol.